The molecule has 0 fully saturated rings. The number of rotatable bonds is 10. The van der Waals surface area contributed by atoms with Gasteiger partial charge in [-0.1, -0.05) is 41.0 Å². The second-order valence-electron chi connectivity index (χ2n) is 5.43. The molecule has 0 radical (unpaired) electrons. The molecule has 148 valence electrons. The molecule has 1 unspecified atom stereocenters. The van der Waals surface area contributed by atoms with Crippen molar-refractivity contribution < 1.29 is 24.3 Å². The first-order chi connectivity index (χ1) is 11.7. The summed E-state index contributed by atoms with van der Waals surface area (Å²) in [4.78, 5) is 43.9. The molecule has 0 saturated heterocycles. The van der Waals surface area contributed by atoms with Gasteiger partial charge in [-0.3, -0.25) is 14.4 Å². The number of nitrogens with one attached hydrogen (secondary N) is 2. The number of ketones is 1. The second kappa shape index (κ2) is 20.1. The van der Waals surface area contributed by atoms with Crippen molar-refractivity contribution in [3.05, 3.63) is 0 Å². The lowest BCUT2D eigenvalue weighted by Gasteiger charge is -2.10. The van der Waals surface area contributed by atoms with Gasteiger partial charge in [0.2, 0.25) is 11.8 Å². The molecule has 2 amide bonds. The molecule has 0 spiro atoms. The summed E-state index contributed by atoms with van der Waals surface area (Å²) in [5.74, 6) is -2.39. The predicted molar refractivity (Wildman–Crippen MR) is 99.3 cm³/mol. The molecule has 0 bridgehead atoms. The van der Waals surface area contributed by atoms with Crippen LogP contribution < -0.4 is 10.6 Å². The van der Waals surface area contributed by atoms with Crippen LogP contribution in [0, 0.1) is 5.92 Å². The summed E-state index contributed by atoms with van der Waals surface area (Å²) < 4.78 is 0. The number of carboxylic acid groups (broad SMARTS) is 1. The molecule has 0 rings (SSSR count). The Balaban J connectivity index is -0.000000866. The van der Waals surface area contributed by atoms with Gasteiger partial charge in [-0.25, -0.2) is 0 Å². The lowest BCUT2D eigenvalue weighted by molar-refractivity contribution is -0.140. The first kappa shape index (κ1) is 27.9. The molecule has 7 heteroatoms. The molecular weight excluding hydrogens is 324 g/mol. The monoisotopic (exact) mass is 360 g/mol. The quantitative estimate of drug-likeness (QED) is 0.518. The zero-order valence-corrected chi connectivity index (χ0v) is 16.6. The normalized spacial score (nSPS) is 10.2. The van der Waals surface area contributed by atoms with Crippen molar-refractivity contribution in [1.82, 2.24) is 10.6 Å². The van der Waals surface area contributed by atoms with Gasteiger partial charge in [-0.15, -0.1) is 0 Å². The van der Waals surface area contributed by atoms with Crippen LogP contribution in [-0.4, -0.2) is 41.8 Å². The first-order valence-corrected chi connectivity index (χ1v) is 9.00. The Kier molecular flexibility index (Phi) is 22.5. The second-order valence-corrected chi connectivity index (χ2v) is 5.43. The summed E-state index contributed by atoms with van der Waals surface area (Å²) in [6.45, 7) is 11.5. The fourth-order valence-corrected chi connectivity index (χ4v) is 1.49. The Hall–Kier alpha value is -1.92. The van der Waals surface area contributed by atoms with E-state index in [9.17, 15) is 19.2 Å². The summed E-state index contributed by atoms with van der Waals surface area (Å²) >= 11 is 0. The Morgan fingerprint density at radius 1 is 1.00 bits per heavy atom. The maximum absolute atomic E-state index is 11.4. The number of amides is 2. The Morgan fingerprint density at radius 2 is 1.52 bits per heavy atom. The highest BCUT2D eigenvalue weighted by atomic mass is 16.4. The molecule has 0 aromatic rings. The average molecular weight is 360 g/mol. The molecule has 0 aliphatic heterocycles. The van der Waals surface area contributed by atoms with Gasteiger partial charge in [-0.05, 0) is 19.8 Å². The van der Waals surface area contributed by atoms with Crippen LogP contribution in [0.15, 0.2) is 0 Å². The van der Waals surface area contributed by atoms with Gasteiger partial charge in [0.05, 0.1) is 13.0 Å². The number of aliphatic carboxylic acids is 1. The third kappa shape index (κ3) is 24.5. The highest BCUT2D eigenvalue weighted by Crippen LogP contribution is 2.00. The molecule has 0 aliphatic rings. The summed E-state index contributed by atoms with van der Waals surface area (Å²) in [6, 6.07) is 0. The van der Waals surface area contributed by atoms with Crippen molar-refractivity contribution in [2.24, 2.45) is 5.92 Å². The van der Waals surface area contributed by atoms with Gasteiger partial charge in [0.15, 0.2) is 0 Å². The maximum Gasteiger partial charge on any atom is 0.304 e. The summed E-state index contributed by atoms with van der Waals surface area (Å²) in [7, 11) is 0. The van der Waals surface area contributed by atoms with Crippen LogP contribution in [0.3, 0.4) is 0 Å². The summed E-state index contributed by atoms with van der Waals surface area (Å²) in [5.41, 5.74) is 0. The van der Waals surface area contributed by atoms with E-state index in [4.69, 9.17) is 5.11 Å². The van der Waals surface area contributed by atoms with Crippen molar-refractivity contribution in [1.29, 1.82) is 0 Å². The Labute approximate surface area is 151 Å². The number of carboxylic acids is 1. The molecule has 0 saturated carbocycles. The van der Waals surface area contributed by atoms with Crippen molar-refractivity contribution in [2.75, 3.05) is 13.1 Å². The van der Waals surface area contributed by atoms with Crippen LogP contribution in [0.5, 0.6) is 0 Å². The lowest BCUT2D eigenvalue weighted by atomic mass is 10.1. The van der Waals surface area contributed by atoms with Crippen LogP contribution in [0.25, 0.3) is 0 Å². The van der Waals surface area contributed by atoms with Crippen molar-refractivity contribution in [3.8, 4) is 0 Å². The van der Waals surface area contributed by atoms with Crippen molar-refractivity contribution >= 4 is 23.6 Å². The number of hydrogen-bond donors (Lipinski definition) is 3. The van der Waals surface area contributed by atoms with Crippen LogP contribution >= 0.6 is 0 Å². The van der Waals surface area contributed by atoms with Gasteiger partial charge in [0, 0.05) is 18.9 Å². The zero-order valence-electron chi connectivity index (χ0n) is 16.6. The smallest absolute Gasteiger partial charge is 0.304 e. The number of unbranched alkanes of at least 4 members (excludes halogenated alkanes) is 1. The van der Waals surface area contributed by atoms with Crippen molar-refractivity contribution in [3.63, 3.8) is 0 Å². The molecule has 7 nitrogen and oxygen atoms in total. The number of hydrogen-bond acceptors (Lipinski definition) is 4. The minimum Gasteiger partial charge on any atom is -0.481 e. The highest BCUT2D eigenvalue weighted by molar-refractivity contribution is 5.87. The number of carbonyl (C=O) groups excluding carboxylic acids is 3. The fourth-order valence-electron chi connectivity index (χ4n) is 1.49. The van der Waals surface area contributed by atoms with Crippen molar-refractivity contribution in [2.45, 2.75) is 73.6 Å². The van der Waals surface area contributed by atoms with Gasteiger partial charge >= 0.3 is 5.97 Å². The minimum atomic E-state index is -1.05. The largest absolute Gasteiger partial charge is 0.481 e. The van der Waals surface area contributed by atoms with E-state index in [2.05, 4.69) is 24.5 Å². The Morgan fingerprint density at radius 3 is 1.96 bits per heavy atom. The number of Topliss-reactive ketones (excluding diaryl/α,β-unsaturated/α-hetero) is 1. The Bertz CT molecular complexity index is 384. The zero-order chi connectivity index (χ0) is 20.3. The maximum atomic E-state index is 11.4. The molecule has 1 atom stereocenters. The SMILES string of the molecule is CC.CC(=O)CCCCNC(=O)CNC(=O)C(C)CC(=O)O.CCC. The predicted octanol–water partition coefficient (Wildman–Crippen LogP) is 2.53. The van der Waals surface area contributed by atoms with Gasteiger partial charge in [-0.2, -0.15) is 0 Å². The molecule has 0 aliphatic carbocycles. The lowest BCUT2D eigenvalue weighted by Crippen LogP contribution is -2.39. The van der Waals surface area contributed by atoms with E-state index in [0.29, 0.717) is 19.4 Å². The van der Waals surface area contributed by atoms with E-state index >= 15 is 0 Å². The molecule has 3 N–H and O–H groups in total. The van der Waals surface area contributed by atoms with Gasteiger partial charge < -0.3 is 20.5 Å². The van der Waals surface area contributed by atoms with E-state index in [1.165, 1.54) is 20.3 Å². The average Bonchev–Trinajstić information content (AvgIpc) is 2.54. The van der Waals surface area contributed by atoms with Crippen LogP contribution in [-0.2, 0) is 19.2 Å². The molecule has 0 aromatic heterocycles. The van der Waals surface area contributed by atoms with Crippen LogP contribution in [0.4, 0.5) is 0 Å². The van der Waals surface area contributed by atoms with Gasteiger partial charge in [0.1, 0.15) is 5.78 Å². The summed E-state index contributed by atoms with van der Waals surface area (Å²) in [5, 5.41) is 13.5. The minimum absolute atomic E-state index is 0.121. The van der Waals surface area contributed by atoms with Crippen LogP contribution in [0.2, 0.25) is 0 Å². The van der Waals surface area contributed by atoms with E-state index in [0.717, 1.165) is 6.42 Å². The van der Waals surface area contributed by atoms with Crippen LogP contribution in [0.1, 0.15) is 73.6 Å². The third-order valence-corrected chi connectivity index (χ3v) is 2.63. The number of carbonyl (C=O) groups is 4. The molecular formula is C18H36N2O5. The highest BCUT2D eigenvalue weighted by Gasteiger charge is 2.16. The summed E-state index contributed by atoms with van der Waals surface area (Å²) in [6.07, 6.45) is 2.91. The standard InChI is InChI=1S/C13H22N2O5.C3H8.C2H6/c1-9(7-12(18)19)13(20)15-8-11(17)14-6-4-3-5-10(2)16;1-3-2;1-2/h9H,3-8H2,1-2H3,(H,14,17)(H,15,20)(H,18,19);3H2,1-2H3;1-2H3. The molecule has 0 heterocycles. The van der Waals surface area contributed by atoms with Gasteiger partial charge in [0.25, 0.3) is 0 Å². The fraction of sp³-hybridized carbons (Fsp3) is 0.778. The van der Waals surface area contributed by atoms with E-state index in [1.807, 2.05) is 13.8 Å². The molecule has 0 aromatic carbocycles. The van der Waals surface area contributed by atoms with E-state index in [-0.39, 0.29) is 24.7 Å². The van der Waals surface area contributed by atoms with E-state index < -0.39 is 17.8 Å². The first-order valence-electron chi connectivity index (χ1n) is 9.00. The molecule has 25 heavy (non-hydrogen) atoms. The third-order valence-electron chi connectivity index (χ3n) is 2.63. The topological polar surface area (TPSA) is 113 Å². The van der Waals surface area contributed by atoms with E-state index in [1.54, 1.807) is 0 Å².